The molecule has 0 amide bonds. The number of aryl methyl sites for hydroxylation is 1. The first-order chi connectivity index (χ1) is 7.27. The maximum Gasteiger partial charge on any atom is 0.200 e. The molecule has 16 heavy (non-hydrogen) atoms. The predicted octanol–water partition coefficient (Wildman–Crippen LogP) is -1.86. The van der Waals surface area contributed by atoms with E-state index in [2.05, 4.69) is 4.98 Å². The van der Waals surface area contributed by atoms with Crippen molar-refractivity contribution in [2.75, 3.05) is 0 Å². The molecule has 0 aliphatic rings. The van der Waals surface area contributed by atoms with Crippen molar-refractivity contribution in [2.45, 2.75) is 0 Å². The molecule has 0 radical (unpaired) electrons. The van der Waals surface area contributed by atoms with Crippen LogP contribution in [0.25, 0.3) is 0 Å². The largest absolute Gasteiger partial charge is 1.00 e. The van der Waals surface area contributed by atoms with E-state index in [1.165, 1.54) is 0 Å². The topological polar surface area (TPSA) is 33.8 Å². The second-order valence-corrected chi connectivity index (χ2v) is 3.33. The third-order valence-electron chi connectivity index (χ3n) is 2.13. The zero-order valence-corrected chi connectivity index (χ0v) is 11.0. The zero-order valence-electron chi connectivity index (χ0n) is 8.80. The second-order valence-electron chi connectivity index (χ2n) is 3.33. The lowest BCUT2D eigenvalue weighted by Gasteiger charge is -1.98. The summed E-state index contributed by atoms with van der Waals surface area (Å²) in [4.78, 5) is 15.9. The van der Waals surface area contributed by atoms with Crippen LogP contribution in [0.2, 0.25) is 0 Å². The van der Waals surface area contributed by atoms with Gasteiger partial charge < -0.3 is 24.0 Å². The monoisotopic (exact) mass is 326 g/mol. The molecule has 2 aromatic heterocycles. The van der Waals surface area contributed by atoms with E-state index in [0.29, 0.717) is 11.1 Å². The van der Waals surface area contributed by atoms with Crippen LogP contribution < -0.4 is 28.5 Å². The van der Waals surface area contributed by atoms with E-state index in [4.69, 9.17) is 0 Å². The van der Waals surface area contributed by atoms with Gasteiger partial charge in [-0.1, -0.05) is 0 Å². The molecule has 0 aliphatic carbocycles. The van der Waals surface area contributed by atoms with Gasteiger partial charge >= 0.3 is 0 Å². The number of aromatic nitrogens is 2. The van der Waals surface area contributed by atoms with E-state index >= 15 is 0 Å². The van der Waals surface area contributed by atoms with Crippen molar-refractivity contribution >= 4 is 5.78 Å². The van der Waals surface area contributed by atoms with Crippen LogP contribution in [0.5, 0.6) is 0 Å². The average Bonchev–Trinajstić information content (AvgIpc) is 2.29. The Kier molecular flexibility index (Phi) is 4.54. The third kappa shape index (κ3) is 2.85. The minimum Gasteiger partial charge on any atom is -1.00 e. The van der Waals surface area contributed by atoms with Gasteiger partial charge in [0, 0.05) is 24.0 Å². The first kappa shape index (κ1) is 12.8. The summed E-state index contributed by atoms with van der Waals surface area (Å²) in [5.74, 6) is -0.000648. The number of halogens is 1. The van der Waals surface area contributed by atoms with Crippen molar-refractivity contribution in [2.24, 2.45) is 7.05 Å². The summed E-state index contributed by atoms with van der Waals surface area (Å²) in [6.45, 7) is 0. The Balaban J connectivity index is 0.00000128. The van der Waals surface area contributed by atoms with Gasteiger partial charge in [-0.15, -0.1) is 0 Å². The molecule has 0 saturated heterocycles. The lowest BCUT2D eigenvalue weighted by atomic mass is 10.1. The summed E-state index contributed by atoms with van der Waals surface area (Å²) >= 11 is 0. The molecule has 3 nitrogen and oxygen atoms in total. The summed E-state index contributed by atoms with van der Waals surface area (Å²) < 4.78 is 1.85. The predicted molar refractivity (Wildman–Crippen MR) is 55.3 cm³/mol. The summed E-state index contributed by atoms with van der Waals surface area (Å²) in [6, 6.07) is 7.18. The Hall–Kier alpha value is -1.30. The van der Waals surface area contributed by atoms with Gasteiger partial charge in [0.15, 0.2) is 12.4 Å². The highest BCUT2D eigenvalue weighted by Gasteiger charge is 2.11. The van der Waals surface area contributed by atoms with E-state index in [-0.39, 0.29) is 29.8 Å². The van der Waals surface area contributed by atoms with Gasteiger partial charge in [0.1, 0.15) is 7.05 Å². The van der Waals surface area contributed by atoms with Gasteiger partial charge in [-0.05, 0) is 18.2 Å². The molecule has 2 aromatic rings. The van der Waals surface area contributed by atoms with Crippen LogP contribution in [0.4, 0.5) is 0 Å². The number of carbonyl (C=O) groups is 1. The number of hydrogen-bond donors (Lipinski definition) is 0. The molecule has 4 heteroatoms. The van der Waals surface area contributed by atoms with Crippen LogP contribution in [-0.2, 0) is 7.05 Å². The molecule has 0 aliphatic heterocycles. The molecule has 0 unspecified atom stereocenters. The van der Waals surface area contributed by atoms with Crippen LogP contribution in [0, 0.1) is 0 Å². The first-order valence-corrected chi connectivity index (χ1v) is 4.67. The van der Waals surface area contributed by atoms with Crippen molar-refractivity contribution in [1.29, 1.82) is 0 Å². The highest BCUT2D eigenvalue weighted by Crippen LogP contribution is 2.05. The lowest BCUT2D eigenvalue weighted by molar-refractivity contribution is -0.671. The van der Waals surface area contributed by atoms with E-state index in [1.54, 1.807) is 36.8 Å². The fourth-order valence-corrected chi connectivity index (χ4v) is 1.39. The van der Waals surface area contributed by atoms with Gasteiger partial charge in [-0.25, -0.2) is 4.57 Å². The van der Waals surface area contributed by atoms with E-state index in [1.807, 2.05) is 23.9 Å². The minimum absolute atomic E-state index is 0. The molecule has 0 aromatic carbocycles. The number of nitrogens with zero attached hydrogens (tertiary/aromatic N) is 2. The van der Waals surface area contributed by atoms with Crippen LogP contribution in [0.15, 0.2) is 49.1 Å². The van der Waals surface area contributed by atoms with Gasteiger partial charge in [-0.2, -0.15) is 0 Å². The van der Waals surface area contributed by atoms with Gasteiger partial charge in [0.05, 0.1) is 5.56 Å². The Morgan fingerprint density at radius 1 is 1.25 bits per heavy atom. The molecular weight excluding hydrogens is 315 g/mol. The van der Waals surface area contributed by atoms with Crippen molar-refractivity contribution in [3.05, 3.63) is 60.2 Å². The van der Waals surface area contributed by atoms with Gasteiger partial charge in [-0.3, -0.25) is 9.78 Å². The number of carbonyl (C=O) groups excluding carboxylic acids is 1. The Morgan fingerprint density at radius 2 is 2.00 bits per heavy atom. The van der Waals surface area contributed by atoms with E-state index < -0.39 is 0 Å². The Morgan fingerprint density at radius 3 is 2.62 bits per heavy atom. The molecule has 2 rings (SSSR count). The van der Waals surface area contributed by atoms with Gasteiger partial charge in [0.25, 0.3) is 0 Å². The number of rotatable bonds is 2. The number of pyridine rings is 2. The van der Waals surface area contributed by atoms with Gasteiger partial charge in [0.2, 0.25) is 5.78 Å². The molecule has 0 fully saturated rings. The average molecular weight is 326 g/mol. The molecule has 0 spiro atoms. The summed E-state index contributed by atoms with van der Waals surface area (Å²) in [6.07, 6.45) is 6.92. The first-order valence-electron chi connectivity index (χ1n) is 4.67. The molecule has 0 saturated carbocycles. The zero-order chi connectivity index (χ0) is 10.7. The lowest BCUT2D eigenvalue weighted by Crippen LogP contribution is -3.00. The van der Waals surface area contributed by atoms with Crippen LogP contribution >= 0.6 is 0 Å². The molecule has 2 heterocycles. The Bertz CT molecular complexity index is 485. The quantitative estimate of drug-likeness (QED) is 0.369. The molecule has 0 bridgehead atoms. The van der Waals surface area contributed by atoms with Crippen LogP contribution in [0.3, 0.4) is 0 Å². The number of ketones is 1. The van der Waals surface area contributed by atoms with Crippen LogP contribution in [-0.4, -0.2) is 10.8 Å². The van der Waals surface area contributed by atoms with Crippen molar-refractivity contribution < 1.29 is 33.3 Å². The van der Waals surface area contributed by atoms with Crippen LogP contribution in [0.1, 0.15) is 15.9 Å². The normalized spacial score (nSPS) is 9.31. The molecular formula is C12H11IN2O. The summed E-state index contributed by atoms with van der Waals surface area (Å²) in [5.41, 5.74) is 1.29. The maximum atomic E-state index is 11.9. The van der Waals surface area contributed by atoms with E-state index in [9.17, 15) is 4.79 Å². The summed E-state index contributed by atoms with van der Waals surface area (Å²) in [7, 11) is 1.89. The van der Waals surface area contributed by atoms with Crippen molar-refractivity contribution in [1.82, 2.24) is 4.98 Å². The maximum absolute atomic E-state index is 11.9. The van der Waals surface area contributed by atoms with Crippen molar-refractivity contribution in [3.63, 3.8) is 0 Å². The summed E-state index contributed by atoms with van der Waals surface area (Å²) in [5, 5.41) is 0. The highest BCUT2D eigenvalue weighted by atomic mass is 127. The molecule has 82 valence electrons. The molecule has 0 atom stereocenters. The smallest absolute Gasteiger partial charge is 0.200 e. The minimum atomic E-state index is -0.000648. The molecule has 0 N–H and O–H groups in total. The third-order valence-corrected chi connectivity index (χ3v) is 2.13. The fraction of sp³-hybridized carbons (Fsp3) is 0.0833. The second kappa shape index (κ2) is 5.69. The fourth-order valence-electron chi connectivity index (χ4n) is 1.39. The SMILES string of the molecule is C[n+]1cccc(C(=O)c2cccnc2)c1.[I-]. The van der Waals surface area contributed by atoms with Crippen molar-refractivity contribution in [3.8, 4) is 0 Å². The Labute approximate surface area is 111 Å². The highest BCUT2D eigenvalue weighted by molar-refractivity contribution is 6.08. The number of hydrogen-bond acceptors (Lipinski definition) is 2. The standard InChI is InChI=1S/C12H11N2O.HI/c1-14-7-3-5-11(9-14)12(15)10-4-2-6-13-8-10;/h2-9H,1H3;1H/q+1;/p-1. The van der Waals surface area contributed by atoms with E-state index in [0.717, 1.165) is 0 Å².